The smallest absolute Gasteiger partial charge is 0.329 e. The molecule has 4 rings (SSSR count). The topological polar surface area (TPSA) is 124 Å². The highest BCUT2D eigenvalue weighted by molar-refractivity contribution is 6.04. The van der Waals surface area contributed by atoms with E-state index in [-0.39, 0.29) is 30.9 Å². The van der Waals surface area contributed by atoms with Crippen molar-refractivity contribution in [1.82, 2.24) is 20.3 Å². The van der Waals surface area contributed by atoms with E-state index in [9.17, 15) is 9.59 Å². The Labute approximate surface area is 155 Å². The first-order chi connectivity index (χ1) is 13.2. The number of carbonyl (C=O) groups is 2. The summed E-state index contributed by atoms with van der Waals surface area (Å²) in [4.78, 5) is 41.3. The van der Waals surface area contributed by atoms with Crippen molar-refractivity contribution < 1.29 is 14.7 Å². The van der Waals surface area contributed by atoms with Gasteiger partial charge in [-0.15, -0.1) is 0 Å². The van der Waals surface area contributed by atoms with Crippen LogP contribution in [0.1, 0.15) is 16.9 Å². The number of hydrogen-bond acceptors (Lipinski definition) is 7. The average molecular weight is 369 g/mol. The fourth-order valence-corrected chi connectivity index (χ4v) is 3.39. The Morgan fingerprint density at radius 3 is 2.96 bits per heavy atom. The number of carbonyl (C=O) groups excluding carboxylic acids is 2. The minimum absolute atomic E-state index is 0.0302. The molecule has 0 radical (unpaired) electrons. The van der Waals surface area contributed by atoms with E-state index in [1.807, 2.05) is 0 Å². The number of urea groups is 1. The normalized spacial score (nSPS) is 17.4. The molecule has 4 heterocycles. The summed E-state index contributed by atoms with van der Waals surface area (Å²) >= 11 is 0. The number of aromatic nitrogens is 3. The highest BCUT2D eigenvalue weighted by Gasteiger charge is 2.40. The molecule has 0 aromatic carbocycles. The summed E-state index contributed by atoms with van der Waals surface area (Å²) in [5.41, 5.74) is 1.01. The molecule has 2 aliphatic rings. The summed E-state index contributed by atoms with van der Waals surface area (Å²) < 4.78 is 0. The number of anilines is 3. The molecule has 1 atom stereocenters. The van der Waals surface area contributed by atoms with E-state index in [1.54, 1.807) is 17.0 Å². The zero-order valence-corrected chi connectivity index (χ0v) is 14.5. The predicted molar refractivity (Wildman–Crippen MR) is 97.8 cm³/mol. The van der Waals surface area contributed by atoms with Gasteiger partial charge in [0, 0.05) is 32.0 Å². The fourth-order valence-electron chi connectivity index (χ4n) is 3.39. The van der Waals surface area contributed by atoms with Crippen molar-refractivity contribution in [3.63, 3.8) is 0 Å². The SMILES string of the molecule is O=C(NCCO)c1ccc2c(n1)N(C(=O)Nc1cnccn1)C1CCN2C1. The third-order valence-corrected chi connectivity index (χ3v) is 4.60. The fraction of sp³-hybridized carbons (Fsp3) is 0.353. The maximum absolute atomic E-state index is 12.9. The second-order valence-electron chi connectivity index (χ2n) is 6.30. The number of aliphatic hydroxyl groups excluding tert-OH is 1. The summed E-state index contributed by atoms with van der Waals surface area (Å²) in [6, 6.07) is 3.05. The van der Waals surface area contributed by atoms with Crippen LogP contribution in [-0.4, -0.2) is 64.3 Å². The Morgan fingerprint density at radius 2 is 2.19 bits per heavy atom. The van der Waals surface area contributed by atoms with Crippen LogP contribution in [0.15, 0.2) is 30.7 Å². The summed E-state index contributed by atoms with van der Waals surface area (Å²) in [7, 11) is 0. The van der Waals surface area contributed by atoms with E-state index in [0.717, 1.165) is 25.2 Å². The van der Waals surface area contributed by atoms with Crippen LogP contribution in [0.3, 0.4) is 0 Å². The standard InChI is InChI=1S/C17H19N7O3/c25-8-6-20-16(26)12-1-2-13-15(21-12)24(11-3-7-23(13)10-11)17(27)22-14-9-18-4-5-19-14/h1-2,4-5,9,11,25H,3,6-8,10H2,(H,20,26)(H,19,22,27). The molecule has 0 saturated carbocycles. The number of amides is 3. The predicted octanol–water partition coefficient (Wildman–Crippen LogP) is 0.224. The number of hydrogen-bond donors (Lipinski definition) is 3. The molecule has 27 heavy (non-hydrogen) atoms. The molecule has 3 amide bonds. The number of pyridine rings is 1. The molecule has 0 aliphatic carbocycles. The third kappa shape index (κ3) is 3.26. The van der Waals surface area contributed by atoms with Gasteiger partial charge in [-0.2, -0.15) is 0 Å². The van der Waals surface area contributed by atoms with Crippen LogP contribution < -0.4 is 20.4 Å². The van der Waals surface area contributed by atoms with Crippen molar-refractivity contribution >= 4 is 29.3 Å². The van der Waals surface area contributed by atoms with Gasteiger partial charge in [-0.3, -0.25) is 20.0 Å². The van der Waals surface area contributed by atoms with Gasteiger partial charge in [0.05, 0.1) is 24.5 Å². The lowest BCUT2D eigenvalue weighted by molar-refractivity contribution is 0.0940. The second-order valence-corrected chi connectivity index (χ2v) is 6.30. The molecule has 0 spiro atoms. The molecule has 10 nitrogen and oxygen atoms in total. The average Bonchev–Trinajstić information content (AvgIpc) is 3.11. The van der Waals surface area contributed by atoms with E-state index in [4.69, 9.17) is 5.11 Å². The van der Waals surface area contributed by atoms with Crippen LogP contribution >= 0.6 is 0 Å². The molecule has 1 saturated heterocycles. The number of rotatable bonds is 4. The van der Waals surface area contributed by atoms with Gasteiger partial charge in [-0.25, -0.2) is 14.8 Å². The zero-order valence-electron chi connectivity index (χ0n) is 14.5. The molecule has 2 aromatic heterocycles. The van der Waals surface area contributed by atoms with E-state index in [2.05, 4.69) is 30.5 Å². The molecule has 1 fully saturated rings. The Kier molecular flexibility index (Phi) is 4.55. The Balaban J connectivity index is 1.65. The van der Waals surface area contributed by atoms with Crippen molar-refractivity contribution in [2.75, 3.05) is 41.4 Å². The van der Waals surface area contributed by atoms with Crippen LogP contribution in [-0.2, 0) is 0 Å². The first-order valence-electron chi connectivity index (χ1n) is 8.68. The Bertz CT molecular complexity index is 861. The van der Waals surface area contributed by atoms with E-state index in [1.165, 1.54) is 18.6 Å². The van der Waals surface area contributed by atoms with E-state index in [0.29, 0.717) is 11.6 Å². The van der Waals surface area contributed by atoms with Gasteiger partial charge < -0.3 is 15.3 Å². The number of nitrogens with one attached hydrogen (secondary N) is 2. The molecule has 2 bridgehead atoms. The van der Waals surface area contributed by atoms with Crippen molar-refractivity contribution in [3.8, 4) is 0 Å². The quantitative estimate of drug-likeness (QED) is 0.704. The highest BCUT2D eigenvalue weighted by atomic mass is 16.3. The summed E-state index contributed by atoms with van der Waals surface area (Å²) in [6.45, 7) is 1.53. The van der Waals surface area contributed by atoms with Gasteiger partial charge in [0.1, 0.15) is 5.69 Å². The molecule has 140 valence electrons. The van der Waals surface area contributed by atoms with Crippen molar-refractivity contribution in [1.29, 1.82) is 0 Å². The molecular weight excluding hydrogens is 350 g/mol. The van der Waals surface area contributed by atoms with Gasteiger partial charge in [-0.05, 0) is 18.6 Å². The lowest BCUT2D eigenvalue weighted by Crippen LogP contribution is -2.48. The van der Waals surface area contributed by atoms with Gasteiger partial charge >= 0.3 is 6.03 Å². The molecule has 3 N–H and O–H groups in total. The van der Waals surface area contributed by atoms with Gasteiger partial charge in [0.25, 0.3) is 5.91 Å². The second kappa shape index (κ2) is 7.16. The highest BCUT2D eigenvalue weighted by Crippen LogP contribution is 2.39. The maximum atomic E-state index is 12.9. The van der Waals surface area contributed by atoms with Crippen molar-refractivity contribution in [3.05, 3.63) is 36.4 Å². The van der Waals surface area contributed by atoms with Crippen molar-refractivity contribution in [2.24, 2.45) is 0 Å². The van der Waals surface area contributed by atoms with Crippen molar-refractivity contribution in [2.45, 2.75) is 12.5 Å². The summed E-state index contributed by atoms with van der Waals surface area (Å²) in [5, 5.41) is 14.2. The van der Waals surface area contributed by atoms with Crippen LogP contribution in [0.2, 0.25) is 0 Å². The summed E-state index contributed by atoms with van der Waals surface area (Å²) in [5.74, 6) is 0.400. The largest absolute Gasteiger partial charge is 0.395 e. The number of aliphatic hydroxyl groups is 1. The van der Waals surface area contributed by atoms with Crippen LogP contribution in [0.25, 0.3) is 0 Å². The van der Waals surface area contributed by atoms with E-state index < -0.39 is 5.91 Å². The molecule has 2 aliphatic heterocycles. The third-order valence-electron chi connectivity index (χ3n) is 4.60. The van der Waals surface area contributed by atoms with E-state index >= 15 is 0 Å². The van der Waals surface area contributed by atoms with Crippen LogP contribution in [0, 0.1) is 0 Å². The maximum Gasteiger partial charge on any atom is 0.329 e. The lowest BCUT2D eigenvalue weighted by Gasteiger charge is -2.35. The first-order valence-corrected chi connectivity index (χ1v) is 8.68. The number of fused-ring (bicyclic) bond motifs is 4. The molecule has 10 heteroatoms. The van der Waals surface area contributed by atoms with Crippen LogP contribution in [0.5, 0.6) is 0 Å². The van der Waals surface area contributed by atoms with Crippen LogP contribution in [0.4, 0.5) is 22.1 Å². The molecule has 1 unspecified atom stereocenters. The zero-order chi connectivity index (χ0) is 18.8. The van der Waals surface area contributed by atoms with Gasteiger partial charge in [0.2, 0.25) is 0 Å². The Hall–Kier alpha value is -3.27. The first kappa shape index (κ1) is 17.2. The molecule has 2 aromatic rings. The lowest BCUT2D eigenvalue weighted by atomic mass is 10.1. The minimum Gasteiger partial charge on any atom is -0.395 e. The summed E-state index contributed by atoms with van der Waals surface area (Å²) in [6.07, 6.45) is 5.31. The molecular formula is C17H19N7O3. The monoisotopic (exact) mass is 369 g/mol. The minimum atomic E-state index is -0.394. The van der Waals surface area contributed by atoms with Gasteiger partial charge in [0.15, 0.2) is 11.6 Å². The number of nitrogens with zero attached hydrogens (tertiary/aromatic N) is 5. The van der Waals surface area contributed by atoms with Gasteiger partial charge in [-0.1, -0.05) is 0 Å². The Morgan fingerprint density at radius 1 is 1.30 bits per heavy atom.